The molecule has 0 saturated carbocycles. The lowest BCUT2D eigenvalue weighted by Crippen LogP contribution is -2.10. The van der Waals surface area contributed by atoms with Gasteiger partial charge in [-0.2, -0.15) is 0 Å². The summed E-state index contributed by atoms with van der Waals surface area (Å²) in [5.41, 5.74) is 1.81. The number of aryl methyl sites for hydroxylation is 2. The van der Waals surface area contributed by atoms with E-state index in [1.54, 1.807) is 11.3 Å². The first-order valence-electron chi connectivity index (χ1n) is 6.49. The van der Waals surface area contributed by atoms with Crippen molar-refractivity contribution >= 4 is 11.3 Å². The smallest absolute Gasteiger partial charge is 0.125 e. The lowest BCUT2D eigenvalue weighted by Gasteiger charge is -2.18. The number of rotatable bonds is 4. The second-order valence-corrected chi connectivity index (χ2v) is 6.44. The molecule has 1 N–H and O–H groups in total. The molecule has 0 bridgehead atoms. The summed E-state index contributed by atoms with van der Waals surface area (Å²) in [7, 11) is 0. The minimum Gasteiger partial charge on any atom is -0.491 e. The average Bonchev–Trinajstić information content (AvgIpc) is 2.67. The average molecular weight is 276 g/mol. The van der Waals surface area contributed by atoms with Crippen molar-refractivity contribution < 1.29 is 9.84 Å². The minimum atomic E-state index is -0.625. The third kappa shape index (κ3) is 3.17. The Morgan fingerprint density at radius 2 is 1.79 bits per heavy atom. The molecule has 1 atom stereocenters. The highest BCUT2D eigenvalue weighted by atomic mass is 32.1. The maximum absolute atomic E-state index is 10.6. The number of aliphatic hydroxyl groups excluding tert-OH is 1. The third-order valence-corrected chi connectivity index (χ3v) is 3.93. The van der Waals surface area contributed by atoms with Crippen LogP contribution in [-0.2, 0) is 0 Å². The molecule has 1 unspecified atom stereocenters. The predicted molar refractivity (Wildman–Crippen MR) is 80.1 cm³/mol. The normalized spacial score (nSPS) is 12.7. The predicted octanol–water partition coefficient (Wildman–Crippen LogP) is 4.23. The third-order valence-electron chi connectivity index (χ3n) is 2.95. The molecule has 102 valence electrons. The quantitative estimate of drug-likeness (QED) is 0.905. The molecule has 0 fully saturated rings. The van der Waals surface area contributed by atoms with Gasteiger partial charge in [0.1, 0.15) is 11.9 Å². The summed E-state index contributed by atoms with van der Waals surface area (Å²) in [5.74, 6) is 0.758. The molecule has 0 amide bonds. The monoisotopic (exact) mass is 276 g/mol. The molecule has 1 aromatic carbocycles. The molecule has 1 aromatic heterocycles. The highest BCUT2D eigenvalue weighted by molar-refractivity contribution is 7.12. The van der Waals surface area contributed by atoms with Crippen molar-refractivity contribution in [2.24, 2.45) is 0 Å². The Morgan fingerprint density at radius 3 is 2.37 bits per heavy atom. The molecule has 0 radical (unpaired) electrons. The molecule has 19 heavy (non-hydrogen) atoms. The molecule has 1 heterocycles. The van der Waals surface area contributed by atoms with Gasteiger partial charge in [0, 0.05) is 15.3 Å². The van der Waals surface area contributed by atoms with Gasteiger partial charge in [-0.25, -0.2) is 0 Å². The van der Waals surface area contributed by atoms with E-state index < -0.39 is 6.10 Å². The number of para-hydroxylation sites is 1. The summed E-state index contributed by atoms with van der Waals surface area (Å²) in [6.45, 7) is 8.08. The Kier molecular flexibility index (Phi) is 4.27. The molecule has 2 rings (SSSR count). The highest BCUT2D eigenvalue weighted by Crippen LogP contribution is 2.35. The molecule has 0 aliphatic heterocycles. The number of thiophene rings is 1. The second kappa shape index (κ2) is 5.76. The number of ether oxygens (including phenoxy) is 1. The van der Waals surface area contributed by atoms with E-state index in [-0.39, 0.29) is 6.10 Å². The van der Waals surface area contributed by atoms with Crippen LogP contribution < -0.4 is 4.74 Å². The van der Waals surface area contributed by atoms with Gasteiger partial charge in [0.2, 0.25) is 0 Å². The number of benzene rings is 1. The van der Waals surface area contributed by atoms with Gasteiger partial charge in [-0.15, -0.1) is 11.3 Å². The molecular formula is C16H20O2S. The number of hydrogen-bond acceptors (Lipinski definition) is 3. The molecule has 3 heteroatoms. The highest BCUT2D eigenvalue weighted by Gasteiger charge is 2.19. The molecule has 2 aromatic rings. The van der Waals surface area contributed by atoms with Crippen LogP contribution in [0.2, 0.25) is 0 Å². The van der Waals surface area contributed by atoms with Crippen LogP contribution in [0.3, 0.4) is 0 Å². The van der Waals surface area contributed by atoms with Crippen molar-refractivity contribution in [3.63, 3.8) is 0 Å². The first kappa shape index (κ1) is 14.1. The fourth-order valence-electron chi connectivity index (χ4n) is 2.16. The van der Waals surface area contributed by atoms with Gasteiger partial charge in [0.05, 0.1) is 6.10 Å². The van der Waals surface area contributed by atoms with Crippen molar-refractivity contribution in [1.29, 1.82) is 0 Å². The van der Waals surface area contributed by atoms with Gasteiger partial charge in [-0.1, -0.05) is 18.2 Å². The van der Waals surface area contributed by atoms with Gasteiger partial charge in [-0.3, -0.25) is 0 Å². The summed E-state index contributed by atoms with van der Waals surface area (Å²) in [4.78, 5) is 2.37. The van der Waals surface area contributed by atoms with E-state index in [0.29, 0.717) is 0 Å². The molecular weight excluding hydrogens is 256 g/mol. The van der Waals surface area contributed by atoms with Gasteiger partial charge >= 0.3 is 0 Å². The zero-order chi connectivity index (χ0) is 14.0. The Bertz CT molecular complexity index is 558. The van der Waals surface area contributed by atoms with E-state index in [0.717, 1.165) is 21.8 Å². The van der Waals surface area contributed by atoms with Crippen molar-refractivity contribution in [3.8, 4) is 5.75 Å². The maximum Gasteiger partial charge on any atom is 0.125 e. The standard InChI is InChI=1S/C16H20O2S/c1-10(2)18-15-8-6-5-7-13(15)16(17)14-9-11(3)19-12(14)4/h5-10,16-17H,1-4H3. The Balaban J connectivity index is 2.38. The molecule has 0 aliphatic rings. The summed E-state index contributed by atoms with van der Waals surface area (Å²) < 4.78 is 5.78. The van der Waals surface area contributed by atoms with E-state index >= 15 is 0 Å². The Labute approximate surface area is 118 Å². The van der Waals surface area contributed by atoms with Gasteiger partial charge in [-0.05, 0) is 45.4 Å². The van der Waals surface area contributed by atoms with E-state index in [2.05, 4.69) is 13.0 Å². The second-order valence-electron chi connectivity index (χ2n) is 4.98. The van der Waals surface area contributed by atoms with Crippen LogP contribution in [-0.4, -0.2) is 11.2 Å². The van der Waals surface area contributed by atoms with Crippen LogP contribution in [0.15, 0.2) is 30.3 Å². The van der Waals surface area contributed by atoms with Crippen LogP contribution in [0.25, 0.3) is 0 Å². The number of aliphatic hydroxyl groups is 1. The summed E-state index contributed by atoms with van der Waals surface area (Å²) in [6, 6.07) is 9.75. The summed E-state index contributed by atoms with van der Waals surface area (Å²) >= 11 is 1.71. The van der Waals surface area contributed by atoms with Crippen molar-refractivity contribution in [2.75, 3.05) is 0 Å². The lowest BCUT2D eigenvalue weighted by atomic mass is 10.0. The molecule has 0 saturated heterocycles. The maximum atomic E-state index is 10.6. The largest absolute Gasteiger partial charge is 0.491 e. The van der Waals surface area contributed by atoms with Gasteiger partial charge in [0.25, 0.3) is 0 Å². The first-order chi connectivity index (χ1) is 8.99. The molecule has 0 aliphatic carbocycles. The van der Waals surface area contributed by atoms with Crippen LogP contribution in [0, 0.1) is 13.8 Å². The number of hydrogen-bond donors (Lipinski definition) is 1. The van der Waals surface area contributed by atoms with Gasteiger partial charge < -0.3 is 9.84 Å². The van der Waals surface area contributed by atoms with Crippen molar-refractivity contribution in [3.05, 3.63) is 51.2 Å². The fraction of sp³-hybridized carbons (Fsp3) is 0.375. The van der Waals surface area contributed by atoms with Crippen LogP contribution >= 0.6 is 11.3 Å². The Morgan fingerprint density at radius 1 is 1.11 bits per heavy atom. The van der Waals surface area contributed by atoms with Gasteiger partial charge in [0.15, 0.2) is 0 Å². The lowest BCUT2D eigenvalue weighted by molar-refractivity contribution is 0.198. The van der Waals surface area contributed by atoms with E-state index in [4.69, 9.17) is 4.74 Å². The molecule has 2 nitrogen and oxygen atoms in total. The summed E-state index contributed by atoms with van der Waals surface area (Å²) in [5, 5.41) is 10.6. The van der Waals surface area contributed by atoms with E-state index in [1.807, 2.05) is 45.0 Å². The zero-order valence-electron chi connectivity index (χ0n) is 11.8. The topological polar surface area (TPSA) is 29.5 Å². The first-order valence-corrected chi connectivity index (χ1v) is 7.31. The van der Waals surface area contributed by atoms with Crippen LogP contribution in [0.1, 0.15) is 40.8 Å². The van der Waals surface area contributed by atoms with E-state index in [1.165, 1.54) is 4.88 Å². The van der Waals surface area contributed by atoms with Crippen LogP contribution in [0.4, 0.5) is 0 Å². The summed E-state index contributed by atoms with van der Waals surface area (Å²) in [6.07, 6.45) is -0.529. The zero-order valence-corrected chi connectivity index (χ0v) is 12.6. The Hall–Kier alpha value is -1.32. The van der Waals surface area contributed by atoms with Crippen LogP contribution in [0.5, 0.6) is 5.75 Å². The minimum absolute atomic E-state index is 0.0960. The SMILES string of the molecule is Cc1cc(C(O)c2ccccc2OC(C)C)c(C)s1. The van der Waals surface area contributed by atoms with Crippen molar-refractivity contribution in [1.82, 2.24) is 0 Å². The van der Waals surface area contributed by atoms with E-state index in [9.17, 15) is 5.11 Å². The van der Waals surface area contributed by atoms with Crippen molar-refractivity contribution in [2.45, 2.75) is 39.9 Å². The molecule has 0 spiro atoms. The fourth-order valence-corrected chi connectivity index (χ4v) is 3.11.